The maximum Gasteiger partial charge on any atom is 0.0940 e. The van der Waals surface area contributed by atoms with Gasteiger partial charge >= 0.3 is 0 Å². The van der Waals surface area contributed by atoms with E-state index in [1.165, 1.54) is 0 Å². The van der Waals surface area contributed by atoms with E-state index in [0.29, 0.717) is 19.8 Å². The molecule has 1 aliphatic heterocycles. The van der Waals surface area contributed by atoms with E-state index in [2.05, 4.69) is 19.2 Å². The third-order valence-electron chi connectivity index (χ3n) is 2.72. The van der Waals surface area contributed by atoms with Gasteiger partial charge in [-0.2, -0.15) is 0 Å². The van der Waals surface area contributed by atoms with E-state index in [-0.39, 0.29) is 11.7 Å². The van der Waals surface area contributed by atoms with Crippen LogP contribution in [-0.2, 0) is 18.9 Å². The van der Waals surface area contributed by atoms with Gasteiger partial charge in [0.05, 0.1) is 31.5 Å². The summed E-state index contributed by atoms with van der Waals surface area (Å²) in [6.07, 6.45) is 1.07. The molecule has 0 aromatic heterocycles. The molecule has 1 atom stereocenters. The van der Waals surface area contributed by atoms with Crippen molar-refractivity contribution in [2.24, 2.45) is 0 Å². The lowest BCUT2D eigenvalue weighted by atomic mass is 10.1. The van der Waals surface area contributed by atoms with Crippen molar-refractivity contribution >= 4 is 0 Å². The topological polar surface area (TPSA) is 49.0 Å². The molecule has 0 saturated carbocycles. The minimum absolute atomic E-state index is 0.0943. The molecule has 0 aromatic rings. The molecule has 108 valence electrons. The first-order valence-corrected chi connectivity index (χ1v) is 6.67. The standard InChI is InChI=1S/C13H27NO4/c1-13(2)11-14-9-12(18-13)10-17-8-7-16-6-4-5-15-3/h12,14H,4-11H2,1-3H3. The Labute approximate surface area is 110 Å². The Morgan fingerprint density at radius 2 is 1.94 bits per heavy atom. The highest BCUT2D eigenvalue weighted by Gasteiger charge is 2.28. The first-order chi connectivity index (χ1) is 8.64. The van der Waals surface area contributed by atoms with Crippen LogP contribution in [0.4, 0.5) is 0 Å². The summed E-state index contributed by atoms with van der Waals surface area (Å²) in [5, 5.41) is 3.35. The summed E-state index contributed by atoms with van der Waals surface area (Å²) in [6.45, 7) is 9.28. The highest BCUT2D eigenvalue weighted by atomic mass is 16.6. The normalized spacial score (nSPS) is 23.2. The van der Waals surface area contributed by atoms with Gasteiger partial charge in [0.2, 0.25) is 0 Å². The van der Waals surface area contributed by atoms with E-state index >= 15 is 0 Å². The predicted molar refractivity (Wildman–Crippen MR) is 70.0 cm³/mol. The molecule has 1 saturated heterocycles. The minimum atomic E-state index is -0.0943. The van der Waals surface area contributed by atoms with E-state index in [9.17, 15) is 0 Å². The van der Waals surface area contributed by atoms with Crippen LogP contribution in [0.3, 0.4) is 0 Å². The van der Waals surface area contributed by atoms with Gasteiger partial charge in [-0.25, -0.2) is 0 Å². The molecule has 0 aromatic carbocycles. The highest BCUT2D eigenvalue weighted by Crippen LogP contribution is 2.15. The summed E-state index contributed by atoms with van der Waals surface area (Å²) >= 11 is 0. The second kappa shape index (κ2) is 8.82. The lowest BCUT2D eigenvalue weighted by molar-refractivity contribution is -0.122. The molecule has 1 rings (SSSR count). The molecular formula is C13H27NO4. The molecule has 18 heavy (non-hydrogen) atoms. The van der Waals surface area contributed by atoms with E-state index in [1.54, 1.807) is 7.11 Å². The van der Waals surface area contributed by atoms with Crippen LogP contribution >= 0.6 is 0 Å². The third-order valence-corrected chi connectivity index (χ3v) is 2.72. The van der Waals surface area contributed by atoms with Crippen LogP contribution in [0.15, 0.2) is 0 Å². The summed E-state index contributed by atoms with van der Waals surface area (Å²) in [5.74, 6) is 0. The van der Waals surface area contributed by atoms with Crippen molar-refractivity contribution in [3.8, 4) is 0 Å². The summed E-state index contributed by atoms with van der Waals surface area (Å²) in [6, 6.07) is 0. The van der Waals surface area contributed by atoms with E-state index in [1.807, 2.05) is 0 Å². The van der Waals surface area contributed by atoms with Gasteiger partial charge in [-0.15, -0.1) is 0 Å². The number of hydrogen-bond donors (Lipinski definition) is 1. The van der Waals surface area contributed by atoms with Crippen molar-refractivity contribution in [3.63, 3.8) is 0 Å². The average Bonchev–Trinajstić information content (AvgIpc) is 2.31. The maximum atomic E-state index is 5.89. The predicted octanol–water partition coefficient (Wildman–Crippen LogP) is 0.823. The van der Waals surface area contributed by atoms with Gasteiger partial charge in [-0.1, -0.05) is 0 Å². The Morgan fingerprint density at radius 3 is 2.67 bits per heavy atom. The third kappa shape index (κ3) is 7.28. The maximum absolute atomic E-state index is 5.89. The van der Waals surface area contributed by atoms with Crippen LogP contribution in [0.2, 0.25) is 0 Å². The molecule has 1 heterocycles. The van der Waals surface area contributed by atoms with Crippen LogP contribution in [0, 0.1) is 0 Å². The Morgan fingerprint density at radius 1 is 1.17 bits per heavy atom. The first-order valence-electron chi connectivity index (χ1n) is 6.67. The second-order valence-corrected chi connectivity index (χ2v) is 5.16. The first kappa shape index (κ1) is 15.9. The number of nitrogens with one attached hydrogen (secondary N) is 1. The molecule has 1 fully saturated rings. The molecule has 0 spiro atoms. The van der Waals surface area contributed by atoms with Crippen LogP contribution in [0.25, 0.3) is 0 Å². The SMILES string of the molecule is COCCCOCCOCC1CNCC(C)(C)O1. The van der Waals surface area contributed by atoms with Gasteiger partial charge in [0.25, 0.3) is 0 Å². The highest BCUT2D eigenvalue weighted by molar-refractivity contribution is 4.81. The molecule has 0 amide bonds. The number of methoxy groups -OCH3 is 1. The molecule has 0 radical (unpaired) electrons. The van der Waals surface area contributed by atoms with Crippen LogP contribution < -0.4 is 5.32 Å². The van der Waals surface area contributed by atoms with Crippen LogP contribution in [-0.4, -0.2) is 64.9 Å². The zero-order valence-electron chi connectivity index (χ0n) is 11.9. The smallest absolute Gasteiger partial charge is 0.0940 e. The van der Waals surface area contributed by atoms with Crippen molar-refractivity contribution < 1.29 is 18.9 Å². The van der Waals surface area contributed by atoms with E-state index in [4.69, 9.17) is 18.9 Å². The molecule has 5 nitrogen and oxygen atoms in total. The molecule has 0 bridgehead atoms. The van der Waals surface area contributed by atoms with Gasteiger partial charge in [-0.05, 0) is 20.3 Å². The van der Waals surface area contributed by atoms with Gasteiger partial charge in [-0.3, -0.25) is 0 Å². The van der Waals surface area contributed by atoms with Gasteiger partial charge in [0, 0.05) is 33.4 Å². The van der Waals surface area contributed by atoms with Crippen molar-refractivity contribution in [1.29, 1.82) is 0 Å². The fourth-order valence-electron chi connectivity index (χ4n) is 1.90. The zero-order chi connectivity index (χ0) is 13.3. The molecule has 1 aliphatic rings. The summed E-state index contributed by atoms with van der Waals surface area (Å²) in [7, 11) is 1.70. The number of rotatable bonds is 9. The fourth-order valence-corrected chi connectivity index (χ4v) is 1.90. The van der Waals surface area contributed by atoms with Crippen molar-refractivity contribution in [1.82, 2.24) is 5.32 Å². The molecule has 1 unspecified atom stereocenters. The van der Waals surface area contributed by atoms with Crippen molar-refractivity contribution in [2.75, 3.05) is 53.2 Å². The average molecular weight is 261 g/mol. The van der Waals surface area contributed by atoms with Crippen molar-refractivity contribution in [3.05, 3.63) is 0 Å². The van der Waals surface area contributed by atoms with Gasteiger partial charge in [0.15, 0.2) is 0 Å². The second-order valence-electron chi connectivity index (χ2n) is 5.16. The van der Waals surface area contributed by atoms with Crippen molar-refractivity contribution in [2.45, 2.75) is 32.0 Å². The summed E-state index contributed by atoms with van der Waals surface area (Å²) in [4.78, 5) is 0. The largest absolute Gasteiger partial charge is 0.385 e. The molecule has 5 heteroatoms. The zero-order valence-corrected chi connectivity index (χ0v) is 11.9. The van der Waals surface area contributed by atoms with Crippen LogP contribution in [0.5, 0.6) is 0 Å². The molecule has 0 aliphatic carbocycles. The lowest BCUT2D eigenvalue weighted by Gasteiger charge is -2.36. The monoisotopic (exact) mass is 261 g/mol. The number of ether oxygens (including phenoxy) is 4. The Balaban J connectivity index is 1.91. The Kier molecular flexibility index (Phi) is 7.77. The summed E-state index contributed by atoms with van der Waals surface area (Å²) < 4.78 is 21.8. The molecule has 1 N–H and O–H groups in total. The van der Waals surface area contributed by atoms with Crippen LogP contribution in [0.1, 0.15) is 20.3 Å². The Hall–Kier alpha value is -0.200. The van der Waals surface area contributed by atoms with Gasteiger partial charge < -0.3 is 24.3 Å². The number of morpholine rings is 1. The fraction of sp³-hybridized carbons (Fsp3) is 1.00. The minimum Gasteiger partial charge on any atom is -0.385 e. The van der Waals surface area contributed by atoms with E-state index in [0.717, 1.165) is 32.7 Å². The summed E-state index contributed by atoms with van der Waals surface area (Å²) in [5.41, 5.74) is -0.0943. The van der Waals surface area contributed by atoms with Gasteiger partial charge in [0.1, 0.15) is 0 Å². The molecular weight excluding hydrogens is 234 g/mol. The number of hydrogen-bond acceptors (Lipinski definition) is 5. The lowest BCUT2D eigenvalue weighted by Crippen LogP contribution is -2.51. The van der Waals surface area contributed by atoms with E-state index < -0.39 is 0 Å². The quantitative estimate of drug-likeness (QED) is 0.623. The Bertz CT molecular complexity index is 211.